The van der Waals surface area contributed by atoms with Gasteiger partial charge in [-0.25, -0.2) is 9.78 Å². The van der Waals surface area contributed by atoms with E-state index in [0.717, 1.165) is 21.1 Å². The van der Waals surface area contributed by atoms with Crippen molar-refractivity contribution < 1.29 is 23.5 Å². The van der Waals surface area contributed by atoms with Gasteiger partial charge < -0.3 is 19.2 Å². The van der Waals surface area contributed by atoms with Crippen molar-refractivity contribution >= 4 is 23.7 Å². The Kier molecular flexibility index (Phi) is 6.65. The van der Waals surface area contributed by atoms with Crippen LogP contribution in [0.4, 0.5) is 4.79 Å². The van der Waals surface area contributed by atoms with Crippen LogP contribution in [0.25, 0.3) is 0 Å². The summed E-state index contributed by atoms with van der Waals surface area (Å²) in [6, 6.07) is 11.8. The molecule has 3 aromatic rings. The van der Waals surface area contributed by atoms with Crippen LogP contribution in [0.2, 0.25) is 0 Å². The lowest BCUT2D eigenvalue weighted by atomic mass is 10.2. The second-order valence-electron chi connectivity index (χ2n) is 7.61. The lowest BCUT2D eigenvalue weighted by Crippen LogP contribution is -2.22. The number of amides is 3. The zero-order valence-electron chi connectivity index (χ0n) is 17.7. The summed E-state index contributed by atoms with van der Waals surface area (Å²) in [7, 11) is 0. The first-order valence-corrected chi connectivity index (χ1v) is 11.0. The topological polar surface area (TPSA) is 103 Å². The van der Waals surface area contributed by atoms with Crippen LogP contribution in [0.1, 0.15) is 31.2 Å². The molecular formula is C23H23N3O5S. The molecule has 1 atom stereocenters. The minimum absolute atomic E-state index is 0.398. The summed E-state index contributed by atoms with van der Waals surface area (Å²) in [6.45, 7) is 5.19. The van der Waals surface area contributed by atoms with Gasteiger partial charge in [-0.15, -0.1) is 0 Å². The van der Waals surface area contributed by atoms with Gasteiger partial charge in [0.25, 0.3) is 5.91 Å². The van der Waals surface area contributed by atoms with Gasteiger partial charge in [-0.3, -0.25) is 10.1 Å². The van der Waals surface area contributed by atoms with Gasteiger partial charge in [-0.05, 0) is 47.9 Å². The van der Waals surface area contributed by atoms with E-state index in [1.54, 1.807) is 12.3 Å². The molecule has 1 fully saturated rings. The molecule has 8 nitrogen and oxygen atoms in total. The van der Waals surface area contributed by atoms with Gasteiger partial charge in [0.2, 0.25) is 5.88 Å². The maximum atomic E-state index is 11.9. The molecule has 2 N–H and O–H groups in total. The van der Waals surface area contributed by atoms with Gasteiger partial charge in [0.05, 0.1) is 17.8 Å². The summed E-state index contributed by atoms with van der Waals surface area (Å²) in [4.78, 5) is 29.2. The first kappa shape index (κ1) is 21.8. The number of benzene rings is 1. The van der Waals surface area contributed by atoms with E-state index in [2.05, 4.69) is 29.5 Å². The van der Waals surface area contributed by atoms with Crippen molar-refractivity contribution in [3.8, 4) is 11.6 Å². The molecule has 0 saturated carbocycles. The highest BCUT2D eigenvalue weighted by Crippen LogP contribution is 2.35. The van der Waals surface area contributed by atoms with E-state index >= 15 is 0 Å². The molecule has 0 radical (unpaired) electrons. The quantitative estimate of drug-likeness (QED) is 0.465. The molecule has 1 unspecified atom stereocenters. The molecule has 0 bridgehead atoms. The molecule has 1 aliphatic heterocycles. The number of pyridine rings is 1. The molecule has 1 aliphatic rings. The Hall–Kier alpha value is -3.46. The monoisotopic (exact) mass is 453 g/mol. The number of imide groups is 1. The van der Waals surface area contributed by atoms with E-state index in [9.17, 15) is 9.59 Å². The van der Waals surface area contributed by atoms with E-state index in [4.69, 9.17) is 13.9 Å². The van der Waals surface area contributed by atoms with Gasteiger partial charge in [0.1, 0.15) is 18.1 Å². The number of hydrogen-bond acceptors (Lipinski definition) is 7. The molecule has 2 aromatic heterocycles. The molecule has 166 valence electrons. The standard InChI is InChI=1S/C23H23N3O5S/c1-14(2)12-31-19-11-15(7-9-24-19)13-30-16-3-5-17(6-4-16)32-18-8-10-29-21(18)20-22(27)26-23(28)25-20/h3-11,14,20H,12-13H2,1-2H3,(H2,25,26,27,28). The highest BCUT2D eigenvalue weighted by molar-refractivity contribution is 7.99. The highest BCUT2D eigenvalue weighted by Gasteiger charge is 2.35. The molecule has 4 rings (SSSR count). The first-order chi connectivity index (χ1) is 15.5. The molecule has 3 amide bonds. The zero-order valence-corrected chi connectivity index (χ0v) is 18.5. The van der Waals surface area contributed by atoms with E-state index in [1.807, 2.05) is 36.4 Å². The van der Waals surface area contributed by atoms with Crippen molar-refractivity contribution in [1.82, 2.24) is 15.6 Å². The number of ether oxygens (including phenoxy) is 2. The fraction of sp³-hybridized carbons (Fsp3) is 0.261. The van der Waals surface area contributed by atoms with Crippen LogP contribution in [0, 0.1) is 5.92 Å². The van der Waals surface area contributed by atoms with Crippen LogP contribution in [-0.4, -0.2) is 23.5 Å². The summed E-state index contributed by atoms with van der Waals surface area (Å²) in [5, 5.41) is 4.76. The second kappa shape index (κ2) is 9.78. The van der Waals surface area contributed by atoms with Crippen LogP contribution in [0.15, 0.2) is 69.1 Å². The first-order valence-electron chi connectivity index (χ1n) is 10.1. The Morgan fingerprint density at radius 1 is 1.12 bits per heavy atom. The minimum atomic E-state index is -0.822. The van der Waals surface area contributed by atoms with Crippen molar-refractivity contribution in [3.63, 3.8) is 0 Å². The average molecular weight is 454 g/mol. The molecule has 1 saturated heterocycles. The van der Waals surface area contributed by atoms with E-state index in [1.165, 1.54) is 18.0 Å². The number of nitrogens with one attached hydrogen (secondary N) is 2. The Labute approximate surface area is 189 Å². The molecule has 9 heteroatoms. The minimum Gasteiger partial charge on any atom is -0.489 e. The van der Waals surface area contributed by atoms with E-state index < -0.39 is 18.0 Å². The smallest absolute Gasteiger partial charge is 0.322 e. The Morgan fingerprint density at radius 2 is 1.94 bits per heavy atom. The molecule has 3 heterocycles. The summed E-state index contributed by atoms with van der Waals surface area (Å²) in [5.74, 6) is 1.73. The molecule has 0 aliphatic carbocycles. The summed E-state index contributed by atoms with van der Waals surface area (Å²) in [6.07, 6.45) is 3.21. The van der Waals surface area contributed by atoms with Crippen LogP contribution >= 0.6 is 11.8 Å². The number of nitrogens with zero attached hydrogens (tertiary/aromatic N) is 1. The fourth-order valence-corrected chi connectivity index (χ4v) is 3.89. The number of aromatic nitrogens is 1. The van der Waals surface area contributed by atoms with Gasteiger partial charge >= 0.3 is 6.03 Å². The van der Waals surface area contributed by atoms with Gasteiger partial charge in [0.15, 0.2) is 6.04 Å². The molecule has 1 aromatic carbocycles. The zero-order chi connectivity index (χ0) is 22.5. The van der Waals surface area contributed by atoms with Crippen molar-refractivity contribution in [2.75, 3.05) is 6.61 Å². The number of rotatable bonds is 9. The summed E-state index contributed by atoms with van der Waals surface area (Å²) in [5.41, 5.74) is 0.970. The normalized spacial score (nSPS) is 15.5. The largest absolute Gasteiger partial charge is 0.489 e. The number of furan rings is 1. The summed E-state index contributed by atoms with van der Waals surface area (Å²) < 4.78 is 17.0. The highest BCUT2D eigenvalue weighted by atomic mass is 32.2. The van der Waals surface area contributed by atoms with Crippen molar-refractivity contribution in [2.45, 2.75) is 36.3 Å². The maximum absolute atomic E-state index is 11.9. The van der Waals surface area contributed by atoms with Crippen LogP contribution in [0.3, 0.4) is 0 Å². The van der Waals surface area contributed by atoms with Crippen molar-refractivity contribution in [2.24, 2.45) is 5.92 Å². The van der Waals surface area contributed by atoms with Crippen LogP contribution < -0.4 is 20.1 Å². The van der Waals surface area contributed by atoms with Crippen LogP contribution in [-0.2, 0) is 11.4 Å². The lowest BCUT2D eigenvalue weighted by molar-refractivity contribution is -0.120. The lowest BCUT2D eigenvalue weighted by Gasteiger charge is -2.10. The van der Waals surface area contributed by atoms with E-state index in [0.29, 0.717) is 30.8 Å². The van der Waals surface area contributed by atoms with Crippen molar-refractivity contribution in [1.29, 1.82) is 0 Å². The van der Waals surface area contributed by atoms with Gasteiger partial charge in [-0.2, -0.15) is 0 Å². The molecular weight excluding hydrogens is 430 g/mol. The second-order valence-corrected chi connectivity index (χ2v) is 8.73. The number of hydrogen-bond donors (Lipinski definition) is 2. The predicted octanol–water partition coefficient (Wildman–Crippen LogP) is 4.32. The van der Waals surface area contributed by atoms with Gasteiger partial charge in [-0.1, -0.05) is 25.6 Å². The third-order valence-electron chi connectivity index (χ3n) is 4.51. The van der Waals surface area contributed by atoms with Gasteiger partial charge in [0, 0.05) is 17.2 Å². The summed E-state index contributed by atoms with van der Waals surface area (Å²) >= 11 is 1.44. The Morgan fingerprint density at radius 3 is 2.66 bits per heavy atom. The fourth-order valence-electron chi connectivity index (χ4n) is 2.97. The average Bonchev–Trinajstić information content (AvgIpc) is 3.37. The third-order valence-corrected chi connectivity index (χ3v) is 5.58. The third kappa shape index (κ3) is 5.42. The predicted molar refractivity (Wildman–Crippen MR) is 118 cm³/mol. The number of carbonyl (C=O) groups excluding carboxylic acids is 2. The SMILES string of the molecule is CC(C)COc1cc(COc2ccc(Sc3ccoc3C3NC(=O)NC3=O)cc2)ccn1. The number of carbonyl (C=O) groups is 2. The van der Waals surface area contributed by atoms with Crippen LogP contribution in [0.5, 0.6) is 11.6 Å². The Bertz CT molecular complexity index is 1100. The van der Waals surface area contributed by atoms with Crippen molar-refractivity contribution in [3.05, 3.63) is 66.2 Å². The maximum Gasteiger partial charge on any atom is 0.322 e. The number of urea groups is 1. The molecule has 32 heavy (non-hydrogen) atoms. The Balaban J connectivity index is 1.35. The van der Waals surface area contributed by atoms with E-state index in [-0.39, 0.29) is 0 Å². The molecule has 0 spiro atoms.